The number of cyclic esters (lactones) is 1. The van der Waals surface area contributed by atoms with E-state index >= 15 is 0 Å². The number of carbonyl (C=O) groups is 4. The first kappa shape index (κ1) is 33.1. The topological polar surface area (TPSA) is 218 Å². The minimum Gasteiger partial charge on any atom is -0.472 e. The third-order valence-corrected chi connectivity index (χ3v) is 14.0. The standard InChI is InChI=1S/C34H42O15/c1-7-29-11-20-28(6,24(45-15(2)35)18-8-9-43-12-18)22(39)23(40)34(42)30-14-44-21(38)10-19(30)27(5)13-31(30,41)33(47-17(4)37,25(27)46-16(3)36)26(48-29)32(20,34)49-29/h8-9,12,19-20,22-26,39-42H,7,10-11,13-14H2,1-6H3/t19-,20-,22+,23-,24+,25+,26+,27-,28+,29+,30-,31-,32-,33+,34+/m1/s1. The van der Waals surface area contributed by atoms with E-state index < -0.39 is 117 Å². The van der Waals surface area contributed by atoms with Crippen LogP contribution in [0.15, 0.2) is 23.0 Å². The number of hydrogen-bond acceptors (Lipinski definition) is 15. The van der Waals surface area contributed by atoms with Crippen LogP contribution in [0, 0.1) is 28.1 Å². The number of esters is 4. The van der Waals surface area contributed by atoms with E-state index in [-0.39, 0.29) is 25.7 Å². The summed E-state index contributed by atoms with van der Waals surface area (Å²) in [6, 6.07) is 1.55. The van der Waals surface area contributed by atoms with Crippen LogP contribution in [-0.2, 0) is 47.6 Å². The van der Waals surface area contributed by atoms with Crippen LogP contribution in [0.25, 0.3) is 0 Å². The molecule has 7 fully saturated rings. The van der Waals surface area contributed by atoms with Gasteiger partial charge in [0.05, 0.1) is 24.0 Å². The monoisotopic (exact) mass is 690 g/mol. The molecule has 4 N–H and O–H groups in total. The maximum atomic E-state index is 13.8. The van der Waals surface area contributed by atoms with Gasteiger partial charge in [-0.3, -0.25) is 19.2 Å². The summed E-state index contributed by atoms with van der Waals surface area (Å²) >= 11 is 0. The number of rotatable bonds is 6. The predicted octanol–water partition coefficient (Wildman–Crippen LogP) is 0.588. The quantitative estimate of drug-likeness (QED) is 0.237. The van der Waals surface area contributed by atoms with Gasteiger partial charge in [0, 0.05) is 55.9 Å². The van der Waals surface area contributed by atoms with E-state index in [4.69, 9.17) is 32.8 Å². The lowest BCUT2D eigenvalue weighted by molar-refractivity contribution is -0.450. The third kappa shape index (κ3) is 3.16. The highest BCUT2D eigenvalue weighted by molar-refractivity contribution is 5.74. The third-order valence-electron chi connectivity index (χ3n) is 14.0. The predicted molar refractivity (Wildman–Crippen MR) is 157 cm³/mol. The first-order valence-electron chi connectivity index (χ1n) is 16.7. The average molecular weight is 691 g/mol. The summed E-state index contributed by atoms with van der Waals surface area (Å²) in [7, 11) is 0. The maximum absolute atomic E-state index is 13.8. The van der Waals surface area contributed by atoms with Crippen molar-refractivity contribution in [3.8, 4) is 0 Å². The highest BCUT2D eigenvalue weighted by Crippen LogP contribution is 2.87. The van der Waals surface area contributed by atoms with E-state index in [0.717, 1.165) is 6.92 Å². The van der Waals surface area contributed by atoms with Crippen LogP contribution in [0.1, 0.15) is 78.9 Å². The van der Waals surface area contributed by atoms with E-state index in [1.165, 1.54) is 26.4 Å². The van der Waals surface area contributed by atoms with Gasteiger partial charge >= 0.3 is 23.9 Å². The van der Waals surface area contributed by atoms with Crippen molar-refractivity contribution in [3.63, 3.8) is 0 Å². The highest BCUT2D eigenvalue weighted by atomic mass is 16.8. The van der Waals surface area contributed by atoms with Crippen molar-refractivity contribution in [2.75, 3.05) is 6.61 Å². The molecule has 0 radical (unpaired) electrons. The Morgan fingerprint density at radius 1 is 1.04 bits per heavy atom. The van der Waals surface area contributed by atoms with Crippen LogP contribution in [0.5, 0.6) is 0 Å². The van der Waals surface area contributed by atoms with Gasteiger partial charge in [-0.1, -0.05) is 20.8 Å². The number of furan rings is 1. The molecule has 49 heavy (non-hydrogen) atoms. The van der Waals surface area contributed by atoms with Crippen molar-refractivity contribution in [2.45, 2.75) is 126 Å². The van der Waals surface area contributed by atoms with E-state index in [2.05, 4.69) is 0 Å². The van der Waals surface area contributed by atoms with E-state index in [1.54, 1.807) is 26.8 Å². The zero-order valence-corrected chi connectivity index (χ0v) is 28.1. The van der Waals surface area contributed by atoms with Gasteiger partial charge < -0.3 is 53.3 Å². The normalized spacial score (nSPS) is 53.3. The van der Waals surface area contributed by atoms with Crippen molar-refractivity contribution in [2.24, 2.45) is 28.1 Å². The SMILES string of the molecule is CC[C@@]12C[C@@H]3[C@](C)([C@@H](OC(C)=O)c4ccoc4)[C@@H](O)[C@@H](O)[C@@]4(O)[C@]3(O1)[C@H](O2)[C@@]1(OC(C)=O)[C@@H](OC(C)=O)[C@]2(C)C[C@@]1(O)[C@]41COC(=O)C[C@H]21. The molecule has 3 aliphatic heterocycles. The number of carbonyl (C=O) groups excluding carboxylic acids is 4. The minimum atomic E-state index is -2.67. The molecule has 0 amide bonds. The van der Waals surface area contributed by atoms with Gasteiger partial charge in [-0.2, -0.15) is 0 Å². The Balaban J connectivity index is 1.49. The molecule has 2 spiro atoms. The summed E-state index contributed by atoms with van der Waals surface area (Å²) in [6.45, 7) is 7.87. The average Bonchev–Trinajstić information content (AvgIpc) is 3.82. The molecule has 4 aliphatic carbocycles. The number of hydrogen-bond donors (Lipinski definition) is 4. The molecule has 15 heteroatoms. The molecule has 4 bridgehead atoms. The van der Waals surface area contributed by atoms with Crippen LogP contribution in [0.4, 0.5) is 0 Å². The van der Waals surface area contributed by atoms with Crippen molar-refractivity contribution < 1.29 is 72.4 Å². The van der Waals surface area contributed by atoms with Gasteiger partial charge in [-0.05, 0) is 24.8 Å². The van der Waals surface area contributed by atoms with Crippen LogP contribution < -0.4 is 0 Å². The van der Waals surface area contributed by atoms with Gasteiger partial charge in [-0.15, -0.1) is 0 Å². The van der Waals surface area contributed by atoms with Crippen LogP contribution in [0.3, 0.4) is 0 Å². The Kier molecular flexibility index (Phi) is 6.36. The molecule has 15 nitrogen and oxygen atoms in total. The first-order valence-corrected chi connectivity index (χ1v) is 16.7. The van der Waals surface area contributed by atoms with Gasteiger partial charge in [0.15, 0.2) is 11.9 Å². The maximum Gasteiger partial charge on any atom is 0.306 e. The second kappa shape index (κ2) is 9.42. The van der Waals surface area contributed by atoms with Crippen LogP contribution in [0.2, 0.25) is 0 Å². The molecule has 1 aromatic rings. The fraction of sp³-hybridized carbons (Fsp3) is 0.765. The van der Waals surface area contributed by atoms with Gasteiger partial charge in [-0.25, -0.2) is 0 Å². The Morgan fingerprint density at radius 3 is 2.35 bits per heavy atom. The molecule has 1 aromatic heterocycles. The fourth-order valence-corrected chi connectivity index (χ4v) is 12.6. The smallest absolute Gasteiger partial charge is 0.306 e. The molecular weight excluding hydrogens is 648 g/mol. The molecule has 268 valence electrons. The van der Waals surface area contributed by atoms with Crippen LogP contribution in [-0.4, -0.2) is 104 Å². The summed E-state index contributed by atoms with van der Waals surface area (Å²) in [5, 5.41) is 52.3. The summed E-state index contributed by atoms with van der Waals surface area (Å²) in [5.41, 5.74) is -14.2. The molecule has 7 aliphatic rings. The molecule has 8 rings (SSSR count). The van der Waals surface area contributed by atoms with E-state index in [9.17, 15) is 39.6 Å². The zero-order valence-electron chi connectivity index (χ0n) is 28.1. The van der Waals surface area contributed by atoms with Gasteiger partial charge in [0.2, 0.25) is 5.60 Å². The van der Waals surface area contributed by atoms with Crippen molar-refractivity contribution >= 4 is 23.9 Å². The number of aliphatic hydroxyl groups excluding tert-OH is 2. The molecule has 0 unspecified atom stereocenters. The Bertz CT molecular complexity index is 1660. The largest absolute Gasteiger partial charge is 0.472 e. The molecule has 3 saturated heterocycles. The molecule has 4 saturated carbocycles. The molecule has 15 atom stereocenters. The number of ether oxygens (including phenoxy) is 6. The minimum absolute atomic E-state index is 0.0111. The van der Waals surface area contributed by atoms with Gasteiger partial charge in [0.25, 0.3) is 0 Å². The fourth-order valence-electron chi connectivity index (χ4n) is 12.6. The second-order valence-electron chi connectivity index (χ2n) is 15.8. The highest BCUT2D eigenvalue weighted by Gasteiger charge is 3.04. The summed E-state index contributed by atoms with van der Waals surface area (Å²) < 4.78 is 43.0. The van der Waals surface area contributed by atoms with E-state index in [0.29, 0.717) is 5.56 Å². The number of aliphatic hydroxyl groups is 4. The van der Waals surface area contributed by atoms with Gasteiger partial charge in [0.1, 0.15) is 41.7 Å². The lowest BCUT2D eigenvalue weighted by Crippen LogP contribution is -2.97. The summed E-state index contributed by atoms with van der Waals surface area (Å²) in [5.74, 6) is -6.68. The Hall–Kier alpha value is -3.08. The molecule has 4 heterocycles. The lowest BCUT2D eigenvalue weighted by atomic mass is 9.32. The van der Waals surface area contributed by atoms with Crippen molar-refractivity contribution in [3.05, 3.63) is 24.2 Å². The first-order chi connectivity index (χ1) is 22.8. The lowest BCUT2D eigenvalue weighted by Gasteiger charge is -2.77. The Morgan fingerprint density at radius 2 is 1.76 bits per heavy atom. The summed E-state index contributed by atoms with van der Waals surface area (Å²) in [6.07, 6.45) is -6.15. The second-order valence-corrected chi connectivity index (χ2v) is 15.8. The Labute approximate surface area is 281 Å². The van der Waals surface area contributed by atoms with Crippen molar-refractivity contribution in [1.29, 1.82) is 0 Å². The van der Waals surface area contributed by atoms with Crippen molar-refractivity contribution in [1.82, 2.24) is 0 Å². The molecule has 0 aromatic carbocycles. The number of fused-ring (bicyclic) bond motifs is 4. The zero-order chi connectivity index (χ0) is 35.5. The summed E-state index contributed by atoms with van der Waals surface area (Å²) in [4.78, 5) is 52.0. The van der Waals surface area contributed by atoms with E-state index in [1.807, 2.05) is 0 Å². The molecular formula is C34H42O15. The van der Waals surface area contributed by atoms with Crippen LogP contribution >= 0.6 is 0 Å².